The largest absolute Gasteiger partial charge is 0.363 e. The number of benzene rings is 1. The molecule has 0 unspecified atom stereocenters. The van der Waals surface area contributed by atoms with Crippen molar-refractivity contribution in [2.24, 2.45) is 0 Å². The average Bonchev–Trinajstić information content (AvgIpc) is 3.16. The summed E-state index contributed by atoms with van der Waals surface area (Å²) < 4.78 is 27.7. The summed E-state index contributed by atoms with van der Waals surface area (Å²) in [4.78, 5) is 13.3. The van der Waals surface area contributed by atoms with Gasteiger partial charge in [-0.2, -0.15) is 9.29 Å². The van der Waals surface area contributed by atoms with Crippen LogP contribution in [-0.2, 0) is 22.9 Å². The van der Waals surface area contributed by atoms with E-state index >= 15 is 0 Å². The maximum atomic E-state index is 13.0. The smallest absolute Gasteiger partial charge is 0.243 e. The first kappa shape index (κ1) is 18.2. The van der Waals surface area contributed by atoms with Gasteiger partial charge in [-0.15, -0.1) is 0 Å². The van der Waals surface area contributed by atoms with E-state index in [-0.39, 0.29) is 0 Å². The van der Waals surface area contributed by atoms with Crippen LogP contribution in [-0.4, -0.2) is 63.0 Å². The van der Waals surface area contributed by atoms with Gasteiger partial charge in [0.2, 0.25) is 16.0 Å². The number of hydrogen-bond donors (Lipinski definition) is 0. The van der Waals surface area contributed by atoms with E-state index < -0.39 is 10.0 Å². The molecule has 7 nitrogen and oxygen atoms in total. The van der Waals surface area contributed by atoms with Crippen LogP contribution in [0.2, 0.25) is 0 Å². The fourth-order valence-electron chi connectivity index (χ4n) is 3.73. The van der Waals surface area contributed by atoms with Crippen molar-refractivity contribution < 1.29 is 8.42 Å². The molecule has 1 aliphatic heterocycles. The molecule has 8 heteroatoms. The molecule has 0 bridgehead atoms. The Hall–Kier alpha value is -2.19. The number of fused-ring (bicyclic) bond motifs is 1. The van der Waals surface area contributed by atoms with Gasteiger partial charge in [0, 0.05) is 46.5 Å². The number of sulfonamides is 1. The fraction of sp³-hybridized carbons (Fsp3) is 0.474. The fourth-order valence-corrected chi connectivity index (χ4v) is 5.20. The zero-order chi connectivity index (χ0) is 19.0. The zero-order valence-corrected chi connectivity index (χ0v) is 16.6. The summed E-state index contributed by atoms with van der Waals surface area (Å²) in [6.45, 7) is 2.05. The van der Waals surface area contributed by atoms with Gasteiger partial charge in [-0.05, 0) is 48.6 Å². The second-order valence-corrected chi connectivity index (χ2v) is 9.22. The molecular formula is C19H25N5O2S. The van der Waals surface area contributed by atoms with Crippen LogP contribution in [0.5, 0.6) is 0 Å². The van der Waals surface area contributed by atoms with Gasteiger partial charge < -0.3 is 9.80 Å². The predicted octanol–water partition coefficient (Wildman–Crippen LogP) is 1.54. The Morgan fingerprint density at radius 3 is 2.48 bits per heavy atom. The lowest BCUT2D eigenvalue weighted by molar-refractivity contribution is 0.382. The lowest BCUT2D eigenvalue weighted by Crippen LogP contribution is -2.49. The minimum atomic E-state index is -3.45. The maximum Gasteiger partial charge on any atom is 0.243 e. The highest BCUT2D eigenvalue weighted by Crippen LogP contribution is 2.27. The Kier molecular flexibility index (Phi) is 4.77. The van der Waals surface area contributed by atoms with Crippen LogP contribution in [0.1, 0.15) is 17.5 Å². The third-order valence-electron chi connectivity index (χ3n) is 5.32. The monoisotopic (exact) mass is 387 g/mol. The normalized spacial score (nSPS) is 17.8. The van der Waals surface area contributed by atoms with Crippen molar-refractivity contribution in [3.8, 4) is 0 Å². The van der Waals surface area contributed by atoms with Crippen molar-refractivity contribution in [1.82, 2.24) is 14.3 Å². The van der Waals surface area contributed by atoms with Crippen molar-refractivity contribution >= 4 is 21.8 Å². The van der Waals surface area contributed by atoms with Crippen LogP contribution in [0.15, 0.2) is 35.4 Å². The number of aromatic nitrogens is 2. The van der Waals surface area contributed by atoms with Gasteiger partial charge in [-0.1, -0.05) is 6.07 Å². The molecule has 0 atom stereocenters. The number of piperazine rings is 1. The molecule has 2 heterocycles. The van der Waals surface area contributed by atoms with Crippen molar-refractivity contribution in [3.63, 3.8) is 0 Å². The molecule has 0 radical (unpaired) electrons. The highest BCUT2D eigenvalue weighted by molar-refractivity contribution is 7.89. The Labute approximate surface area is 160 Å². The highest BCUT2D eigenvalue weighted by Gasteiger charge is 2.30. The molecule has 144 valence electrons. The van der Waals surface area contributed by atoms with Gasteiger partial charge in [0.15, 0.2) is 0 Å². The van der Waals surface area contributed by atoms with Crippen molar-refractivity contribution in [2.45, 2.75) is 24.2 Å². The van der Waals surface area contributed by atoms with Crippen LogP contribution < -0.4 is 9.80 Å². The molecule has 2 aromatic rings. The second-order valence-electron chi connectivity index (χ2n) is 7.28. The summed E-state index contributed by atoms with van der Waals surface area (Å²) in [5.74, 6) is 1.49. The molecule has 0 spiro atoms. The minimum absolute atomic E-state index is 0.419. The van der Waals surface area contributed by atoms with Gasteiger partial charge in [0.25, 0.3) is 0 Å². The second kappa shape index (κ2) is 7.09. The predicted molar refractivity (Wildman–Crippen MR) is 106 cm³/mol. The molecule has 1 fully saturated rings. The molecule has 0 amide bonds. The molecule has 0 N–H and O–H groups in total. The molecule has 2 aliphatic rings. The molecule has 27 heavy (non-hydrogen) atoms. The molecule has 1 aliphatic carbocycles. The summed E-state index contributed by atoms with van der Waals surface area (Å²) in [5, 5.41) is 0. The zero-order valence-electron chi connectivity index (χ0n) is 15.8. The summed E-state index contributed by atoms with van der Waals surface area (Å²) in [7, 11) is 0.422. The van der Waals surface area contributed by atoms with Gasteiger partial charge >= 0.3 is 0 Å². The molecule has 1 aromatic carbocycles. The van der Waals surface area contributed by atoms with E-state index in [9.17, 15) is 8.42 Å². The maximum absolute atomic E-state index is 13.0. The lowest BCUT2D eigenvalue weighted by Gasteiger charge is -2.34. The number of aryl methyl sites for hydroxylation is 2. The minimum Gasteiger partial charge on any atom is -0.363 e. The number of rotatable bonds is 4. The summed E-state index contributed by atoms with van der Waals surface area (Å²) in [6.07, 6.45) is 4.89. The van der Waals surface area contributed by atoms with Crippen molar-refractivity contribution in [1.29, 1.82) is 0 Å². The topological polar surface area (TPSA) is 69.6 Å². The van der Waals surface area contributed by atoms with Gasteiger partial charge in [-0.3, -0.25) is 0 Å². The van der Waals surface area contributed by atoms with E-state index in [0.717, 1.165) is 25.1 Å². The van der Waals surface area contributed by atoms with E-state index in [4.69, 9.17) is 0 Å². The van der Waals surface area contributed by atoms with Gasteiger partial charge in [0.05, 0.1) is 4.90 Å². The third kappa shape index (κ3) is 3.51. The van der Waals surface area contributed by atoms with E-state index in [2.05, 4.69) is 9.97 Å². The van der Waals surface area contributed by atoms with Crippen LogP contribution in [0.4, 0.5) is 11.8 Å². The Balaban J connectivity index is 1.48. The summed E-state index contributed by atoms with van der Waals surface area (Å²) in [6, 6.07) is 7.47. The molecule has 0 saturated carbocycles. The van der Waals surface area contributed by atoms with Crippen LogP contribution >= 0.6 is 0 Å². The van der Waals surface area contributed by atoms with Crippen LogP contribution in [0.3, 0.4) is 0 Å². The molecule has 1 saturated heterocycles. The number of anilines is 2. The van der Waals surface area contributed by atoms with E-state index in [0.29, 0.717) is 37.0 Å². The molecule has 1 aromatic heterocycles. The van der Waals surface area contributed by atoms with Crippen LogP contribution in [0, 0.1) is 0 Å². The quantitative estimate of drug-likeness (QED) is 0.793. The Morgan fingerprint density at radius 1 is 1.00 bits per heavy atom. The van der Waals surface area contributed by atoms with E-state index in [1.54, 1.807) is 16.6 Å². The first-order valence-electron chi connectivity index (χ1n) is 9.32. The van der Waals surface area contributed by atoms with E-state index in [1.807, 2.05) is 42.1 Å². The Bertz CT molecular complexity index is 937. The summed E-state index contributed by atoms with van der Waals surface area (Å²) >= 11 is 0. The standard InChI is InChI=1S/C19H25N5O2S/c1-22(2)18-8-9-20-19(21-18)23-10-12-24(13-11-23)27(25,26)17-7-6-15-4-3-5-16(15)14-17/h6-9,14H,3-5,10-13H2,1-2H3. The van der Waals surface area contributed by atoms with Gasteiger partial charge in [0.1, 0.15) is 5.82 Å². The number of hydrogen-bond acceptors (Lipinski definition) is 6. The van der Waals surface area contributed by atoms with E-state index in [1.165, 1.54) is 11.1 Å². The number of nitrogens with zero attached hydrogens (tertiary/aromatic N) is 5. The first-order chi connectivity index (χ1) is 12.9. The lowest BCUT2D eigenvalue weighted by atomic mass is 10.1. The SMILES string of the molecule is CN(C)c1ccnc(N2CCN(S(=O)(=O)c3ccc4c(c3)CCC4)CC2)n1. The average molecular weight is 388 g/mol. The highest BCUT2D eigenvalue weighted by atomic mass is 32.2. The van der Waals surface area contributed by atoms with Crippen molar-refractivity contribution in [3.05, 3.63) is 41.6 Å². The van der Waals surface area contributed by atoms with Crippen LogP contribution in [0.25, 0.3) is 0 Å². The molecular weight excluding hydrogens is 362 g/mol. The van der Waals surface area contributed by atoms with Crippen molar-refractivity contribution in [2.75, 3.05) is 50.1 Å². The summed E-state index contributed by atoms with van der Waals surface area (Å²) in [5.41, 5.74) is 2.47. The van der Waals surface area contributed by atoms with Gasteiger partial charge in [-0.25, -0.2) is 13.4 Å². The Morgan fingerprint density at radius 2 is 1.74 bits per heavy atom. The third-order valence-corrected chi connectivity index (χ3v) is 7.21. The molecule has 4 rings (SSSR count). The first-order valence-corrected chi connectivity index (χ1v) is 10.8.